The number of piperidine rings is 1. The Bertz CT molecular complexity index is 748. The average Bonchev–Trinajstić information content (AvgIpc) is 2.76. The lowest BCUT2D eigenvalue weighted by molar-refractivity contribution is 0.0522. The van der Waals surface area contributed by atoms with Crippen LogP contribution in [-0.2, 0) is 6.42 Å². The van der Waals surface area contributed by atoms with Gasteiger partial charge in [-0.15, -0.1) is 49.6 Å². The summed E-state index contributed by atoms with van der Waals surface area (Å²) in [6.07, 6.45) is 5.13. The Balaban J connectivity index is 0.00000240. The molecule has 0 saturated carbocycles. The topological polar surface area (TPSA) is 51.6 Å². The van der Waals surface area contributed by atoms with Crippen LogP contribution in [0.2, 0.25) is 5.02 Å². The lowest BCUT2D eigenvalue weighted by Crippen LogP contribution is -2.62. The fraction of sp³-hybridized carbons (Fsp3) is 0.500. The highest BCUT2D eigenvalue weighted by Crippen LogP contribution is 2.25. The van der Waals surface area contributed by atoms with Crippen molar-refractivity contribution in [3.8, 4) is 0 Å². The van der Waals surface area contributed by atoms with E-state index in [1.165, 1.54) is 5.56 Å². The average molecular weight is 547 g/mol. The van der Waals surface area contributed by atoms with Gasteiger partial charge in [0.2, 0.25) is 0 Å². The maximum Gasteiger partial charge on any atom is 0.128 e. The van der Waals surface area contributed by atoms with Crippen LogP contribution in [0.25, 0.3) is 0 Å². The second-order valence-corrected chi connectivity index (χ2v) is 8.31. The number of benzene rings is 1. The minimum absolute atomic E-state index is 0. The minimum atomic E-state index is 0. The Morgan fingerprint density at radius 3 is 2.28 bits per heavy atom. The summed E-state index contributed by atoms with van der Waals surface area (Å²) in [5.41, 5.74) is 1.31. The van der Waals surface area contributed by atoms with E-state index in [0.29, 0.717) is 12.1 Å². The van der Waals surface area contributed by atoms with Gasteiger partial charge in [-0.1, -0.05) is 29.8 Å². The van der Waals surface area contributed by atoms with Crippen LogP contribution in [0, 0.1) is 0 Å². The van der Waals surface area contributed by atoms with Crippen LogP contribution in [0.3, 0.4) is 0 Å². The van der Waals surface area contributed by atoms with Crippen molar-refractivity contribution in [1.29, 1.82) is 0 Å². The standard InChI is InChI=1S/C22H29ClN4O.4ClH/c23-18-6-4-17(5-7-18)13-21-14-25-19(16-28)15-27(21)20-8-11-26(12-9-20)22-3-1-2-10-24-22;;;;/h1-7,10,19-21,25,28H,8-9,11-16H2;4*1H/t19-,21+;;;;/m1..../s1. The number of rotatable bonds is 5. The molecule has 0 amide bonds. The molecule has 2 N–H and O–H groups in total. The highest BCUT2D eigenvalue weighted by Gasteiger charge is 2.34. The Labute approximate surface area is 220 Å². The van der Waals surface area contributed by atoms with Crippen molar-refractivity contribution in [2.45, 2.75) is 37.4 Å². The normalized spacial score (nSPS) is 21.4. The van der Waals surface area contributed by atoms with Crippen LogP contribution in [0.1, 0.15) is 18.4 Å². The zero-order valence-corrected chi connectivity index (χ0v) is 21.8. The van der Waals surface area contributed by atoms with Crippen molar-refractivity contribution in [2.24, 2.45) is 0 Å². The molecule has 2 fully saturated rings. The monoisotopic (exact) mass is 544 g/mol. The molecular weight excluding hydrogens is 514 g/mol. The van der Waals surface area contributed by atoms with Gasteiger partial charge in [-0.25, -0.2) is 4.98 Å². The molecule has 1 aromatic heterocycles. The Morgan fingerprint density at radius 1 is 1.00 bits per heavy atom. The van der Waals surface area contributed by atoms with Gasteiger partial charge < -0.3 is 15.3 Å². The van der Waals surface area contributed by atoms with Crippen molar-refractivity contribution >= 4 is 67.0 Å². The number of aliphatic hydroxyl groups excluding tert-OH is 1. The third-order valence-corrected chi connectivity index (χ3v) is 6.31. The summed E-state index contributed by atoms with van der Waals surface area (Å²) in [7, 11) is 0. The molecule has 2 aliphatic rings. The summed E-state index contributed by atoms with van der Waals surface area (Å²) in [5, 5.41) is 14.0. The summed E-state index contributed by atoms with van der Waals surface area (Å²) in [6, 6.07) is 15.5. The van der Waals surface area contributed by atoms with Crippen LogP contribution < -0.4 is 10.2 Å². The van der Waals surface area contributed by atoms with Crippen molar-refractivity contribution in [2.75, 3.05) is 37.7 Å². The van der Waals surface area contributed by atoms with Gasteiger partial charge in [-0.3, -0.25) is 4.90 Å². The molecule has 2 aromatic rings. The van der Waals surface area contributed by atoms with Gasteiger partial charge in [-0.05, 0) is 49.1 Å². The number of anilines is 1. The van der Waals surface area contributed by atoms with E-state index >= 15 is 0 Å². The first kappa shape index (κ1) is 31.5. The van der Waals surface area contributed by atoms with Gasteiger partial charge in [0.05, 0.1) is 6.61 Å². The smallest absolute Gasteiger partial charge is 0.128 e. The molecule has 0 unspecified atom stereocenters. The lowest BCUT2D eigenvalue weighted by atomic mass is 9.95. The third-order valence-electron chi connectivity index (χ3n) is 6.05. The number of pyridine rings is 1. The van der Waals surface area contributed by atoms with Crippen LogP contribution in [-0.4, -0.2) is 65.9 Å². The maximum atomic E-state index is 9.68. The van der Waals surface area contributed by atoms with Crippen LogP contribution >= 0.6 is 61.2 Å². The Kier molecular flexibility index (Phi) is 15.2. The predicted molar refractivity (Wildman–Crippen MR) is 143 cm³/mol. The number of aromatic nitrogens is 1. The van der Waals surface area contributed by atoms with Crippen LogP contribution in [0.4, 0.5) is 5.82 Å². The van der Waals surface area contributed by atoms with E-state index in [9.17, 15) is 5.11 Å². The second kappa shape index (κ2) is 15.4. The highest BCUT2D eigenvalue weighted by molar-refractivity contribution is 6.30. The largest absolute Gasteiger partial charge is 0.395 e. The zero-order valence-electron chi connectivity index (χ0n) is 17.8. The zero-order chi connectivity index (χ0) is 19.3. The molecule has 0 spiro atoms. The summed E-state index contributed by atoms with van der Waals surface area (Å²) < 4.78 is 0. The molecule has 2 aliphatic heterocycles. The third kappa shape index (κ3) is 8.07. The lowest BCUT2D eigenvalue weighted by Gasteiger charge is -2.47. The van der Waals surface area contributed by atoms with E-state index in [1.54, 1.807) is 0 Å². The van der Waals surface area contributed by atoms with Gasteiger partial charge in [0.1, 0.15) is 5.82 Å². The van der Waals surface area contributed by atoms with Crippen molar-refractivity contribution < 1.29 is 5.11 Å². The van der Waals surface area contributed by atoms with E-state index in [1.807, 2.05) is 24.4 Å². The molecule has 4 rings (SSSR count). The molecule has 0 aliphatic carbocycles. The molecule has 0 radical (unpaired) electrons. The fourth-order valence-corrected chi connectivity index (χ4v) is 4.63. The molecule has 3 heterocycles. The summed E-state index contributed by atoms with van der Waals surface area (Å²) in [6.45, 7) is 4.07. The Hall–Kier alpha value is -0.500. The minimum Gasteiger partial charge on any atom is -0.395 e. The fourth-order valence-electron chi connectivity index (χ4n) is 4.51. The number of hydrogen-bond donors (Lipinski definition) is 2. The second-order valence-electron chi connectivity index (χ2n) is 7.88. The maximum absolute atomic E-state index is 9.68. The van der Waals surface area contributed by atoms with Crippen LogP contribution in [0.5, 0.6) is 0 Å². The van der Waals surface area contributed by atoms with Gasteiger partial charge >= 0.3 is 0 Å². The molecule has 1 aromatic carbocycles. The van der Waals surface area contributed by atoms with Crippen molar-refractivity contribution in [3.63, 3.8) is 0 Å². The molecule has 2 atom stereocenters. The summed E-state index contributed by atoms with van der Waals surface area (Å²) in [5.74, 6) is 1.08. The number of hydrogen-bond acceptors (Lipinski definition) is 5. The highest BCUT2D eigenvalue weighted by atomic mass is 35.5. The van der Waals surface area contributed by atoms with E-state index in [2.05, 4.69) is 44.4 Å². The van der Waals surface area contributed by atoms with E-state index in [-0.39, 0.29) is 62.3 Å². The number of aliphatic hydroxyl groups is 1. The SMILES string of the molecule is Cl.Cl.Cl.Cl.OC[C@H]1CN(C2CCN(c3ccccn3)CC2)[C@@H](Cc2ccc(Cl)cc2)CN1. The summed E-state index contributed by atoms with van der Waals surface area (Å²) >= 11 is 6.05. The molecule has 10 heteroatoms. The van der Waals surface area contributed by atoms with Gasteiger partial charge in [0.25, 0.3) is 0 Å². The van der Waals surface area contributed by atoms with Crippen molar-refractivity contribution in [1.82, 2.24) is 15.2 Å². The number of halogens is 5. The van der Waals surface area contributed by atoms with Crippen molar-refractivity contribution in [3.05, 3.63) is 59.2 Å². The van der Waals surface area contributed by atoms with Gasteiger partial charge in [-0.2, -0.15) is 0 Å². The quantitative estimate of drug-likeness (QED) is 0.587. The molecule has 2 saturated heterocycles. The van der Waals surface area contributed by atoms with E-state index in [4.69, 9.17) is 11.6 Å². The van der Waals surface area contributed by atoms with Gasteiger partial charge in [0, 0.05) is 55.5 Å². The first-order valence-electron chi connectivity index (χ1n) is 10.2. The molecular formula is C22H33Cl5N4O. The van der Waals surface area contributed by atoms with Crippen LogP contribution in [0.15, 0.2) is 48.7 Å². The van der Waals surface area contributed by atoms with E-state index < -0.39 is 0 Å². The first-order valence-corrected chi connectivity index (χ1v) is 10.6. The first-order chi connectivity index (χ1) is 13.7. The predicted octanol–water partition coefficient (Wildman–Crippen LogP) is 4.27. The molecule has 32 heavy (non-hydrogen) atoms. The summed E-state index contributed by atoms with van der Waals surface area (Å²) in [4.78, 5) is 9.53. The number of nitrogens with zero attached hydrogens (tertiary/aromatic N) is 3. The van der Waals surface area contributed by atoms with E-state index in [0.717, 1.165) is 56.3 Å². The molecule has 5 nitrogen and oxygen atoms in total. The number of piperazine rings is 1. The molecule has 0 bridgehead atoms. The van der Waals surface area contributed by atoms with Gasteiger partial charge in [0.15, 0.2) is 0 Å². The molecule has 182 valence electrons. The Morgan fingerprint density at radius 2 is 1.69 bits per heavy atom. The number of nitrogens with one attached hydrogen (secondary N) is 1.